The molecule has 0 radical (unpaired) electrons. The van der Waals surface area contributed by atoms with E-state index in [4.69, 9.17) is 4.74 Å². The number of hydrogen-bond acceptors (Lipinski definition) is 5. The van der Waals surface area contributed by atoms with Crippen LogP contribution in [0.5, 0.6) is 0 Å². The van der Waals surface area contributed by atoms with Crippen molar-refractivity contribution in [2.75, 3.05) is 33.8 Å². The lowest BCUT2D eigenvalue weighted by atomic mass is 9.89. The third-order valence-electron chi connectivity index (χ3n) is 3.11. The topological polar surface area (TPSA) is 49.9 Å². The van der Waals surface area contributed by atoms with Crippen molar-refractivity contribution in [3.8, 4) is 0 Å². The van der Waals surface area contributed by atoms with E-state index in [1.54, 1.807) is 6.92 Å². The summed E-state index contributed by atoms with van der Waals surface area (Å²) in [5.74, 6) is -0.138. The van der Waals surface area contributed by atoms with Crippen LogP contribution < -0.4 is 0 Å². The van der Waals surface area contributed by atoms with Crippen molar-refractivity contribution in [3.63, 3.8) is 0 Å². The average Bonchev–Trinajstić information content (AvgIpc) is 2.21. The Morgan fingerprint density at radius 3 is 2.05 bits per heavy atom. The van der Waals surface area contributed by atoms with Gasteiger partial charge in [-0.25, -0.2) is 4.79 Å². The maximum absolute atomic E-state index is 12.0. The number of hydrogen-bond donors (Lipinski definition) is 0. The fraction of sp³-hybridized carbons (Fsp3) is 0.714. The molecule has 0 amide bonds. The van der Waals surface area contributed by atoms with Crippen LogP contribution in [0.15, 0.2) is 11.4 Å². The highest BCUT2D eigenvalue weighted by Crippen LogP contribution is 2.29. The van der Waals surface area contributed by atoms with Gasteiger partial charge in [0.2, 0.25) is 0 Å². The lowest BCUT2D eigenvalue weighted by Crippen LogP contribution is -2.50. The number of carbonyl (C=O) groups excluding carboxylic acids is 2. The van der Waals surface area contributed by atoms with Crippen LogP contribution in [0.1, 0.15) is 27.7 Å². The van der Waals surface area contributed by atoms with E-state index in [1.165, 1.54) is 6.92 Å². The molecule has 0 saturated carbocycles. The minimum absolute atomic E-state index is 0.115. The molecule has 0 aliphatic carbocycles. The van der Waals surface area contributed by atoms with Crippen molar-refractivity contribution in [3.05, 3.63) is 11.4 Å². The molecular weight excluding hydrogens is 244 g/mol. The summed E-state index contributed by atoms with van der Waals surface area (Å²) in [6, 6.07) is 0. The number of rotatable bonds is 3. The van der Waals surface area contributed by atoms with Gasteiger partial charge in [-0.3, -0.25) is 4.79 Å². The van der Waals surface area contributed by atoms with E-state index in [9.17, 15) is 9.59 Å². The van der Waals surface area contributed by atoms with E-state index in [2.05, 4.69) is 13.8 Å². The molecule has 0 atom stereocenters. The third-order valence-corrected chi connectivity index (χ3v) is 3.11. The maximum Gasteiger partial charge on any atom is 0.345 e. The van der Waals surface area contributed by atoms with Crippen LogP contribution in [0.3, 0.4) is 0 Å². The molecule has 19 heavy (non-hydrogen) atoms. The van der Waals surface area contributed by atoms with Gasteiger partial charge in [-0.2, -0.15) is 0 Å². The van der Waals surface area contributed by atoms with Crippen molar-refractivity contribution in [2.24, 2.45) is 5.41 Å². The van der Waals surface area contributed by atoms with Crippen LogP contribution in [0.4, 0.5) is 0 Å². The summed E-state index contributed by atoms with van der Waals surface area (Å²) in [7, 11) is 3.80. The highest BCUT2D eigenvalue weighted by molar-refractivity contribution is 6.16. The van der Waals surface area contributed by atoms with Crippen molar-refractivity contribution < 1.29 is 14.3 Å². The number of Topliss-reactive ketones (excluding diaryl/α,β-unsaturated/α-hetero) is 1. The fourth-order valence-electron chi connectivity index (χ4n) is 2.75. The molecule has 5 nitrogen and oxygen atoms in total. The standard InChI is InChI=1S/C14H24N2O3/c1-7-19-13(18)11(10(2)17)12-15(5)8-14(3,4)9-16(12)6/h7-9H2,1-6H3. The first-order chi connectivity index (χ1) is 8.69. The molecule has 1 aliphatic heterocycles. The first-order valence-corrected chi connectivity index (χ1v) is 6.54. The molecule has 0 aromatic carbocycles. The quantitative estimate of drug-likeness (QED) is 0.334. The zero-order valence-electron chi connectivity index (χ0n) is 12.7. The first kappa shape index (κ1) is 15.5. The van der Waals surface area contributed by atoms with Crippen LogP contribution in [-0.4, -0.2) is 55.3 Å². The Bertz CT molecular complexity index is 397. The van der Waals surface area contributed by atoms with Gasteiger partial charge in [0.1, 0.15) is 11.4 Å². The molecule has 5 heteroatoms. The SMILES string of the molecule is CCOC(=O)C(C(C)=O)=C1N(C)CC(C)(C)CN1C. The zero-order chi connectivity index (χ0) is 14.8. The molecule has 0 spiro atoms. The van der Waals surface area contributed by atoms with Gasteiger partial charge in [0.15, 0.2) is 5.78 Å². The average molecular weight is 268 g/mol. The minimum Gasteiger partial charge on any atom is -0.462 e. The molecule has 0 bridgehead atoms. The summed E-state index contributed by atoms with van der Waals surface area (Å²) in [6.45, 7) is 9.31. The molecular formula is C14H24N2O3. The van der Waals surface area contributed by atoms with Gasteiger partial charge in [0.25, 0.3) is 0 Å². The number of esters is 1. The van der Waals surface area contributed by atoms with E-state index < -0.39 is 5.97 Å². The fourth-order valence-corrected chi connectivity index (χ4v) is 2.75. The number of ether oxygens (including phenoxy) is 1. The third kappa shape index (κ3) is 3.49. The molecule has 1 saturated heterocycles. The van der Waals surface area contributed by atoms with Crippen molar-refractivity contribution in [2.45, 2.75) is 27.7 Å². The molecule has 1 aliphatic rings. The Morgan fingerprint density at radius 1 is 1.21 bits per heavy atom. The lowest BCUT2D eigenvalue weighted by molar-refractivity contribution is -0.140. The number of ketones is 1. The summed E-state index contributed by atoms with van der Waals surface area (Å²) in [5, 5.41) is 0. The largest absolute Gasteiger partial charge is 0.462 e. The van der Waals surface area contributed by atoms with Crippen LogP contribution in [-0.2, 0) is 14.3 Å². The molecule has 1 fully saturated rings. The summed E-state index contributed by atoms with van der Waals surface area (Å²) < 4.78 is 5.00. The minimum atomic E-state index is -0.539. The molecule has 0 unspecified atom stereocenters. The van der Waals surface area contributed by atoms with Crippen LogP contribution in [0.2, 0.25) is 0 Å². The molecule has 0 aromatic rings. The summed E-state index contributed by atoms with van der Waals surface area (Å²) in [4.78, 5) is 27.7. The normalized spacial score (nSPS) is 18.3. The second kappa shape index (κ2) is 5.63. The Balaban J connectivity index is 3.22. The summed E-state index contributed by atoms with van der Waals surface area (Å²) in [5.41, 5.74) is 0.256. The van der Waals surface area contributed by atoms with E-state index in [0.29, 0.717) is 5.82 Å². The van der Waals surface area contributed by atoms with Gasteiger partial charge in [-0.05, 0) is 19.3 Å². The predicted octanol–water partition coefficient (Wildman–Crippen LogP) is 1.25. The Kier molecular flexibility index (Phi) is 4.61. The van der Waals surface area contributed by atoms with Gasteiger partial charge in [0, 0.05) is 27.2 Å². The Labute approximate surface area is 115 Å². The predicted molar refractivity (Wildman–Crippen MR) is 73.4 cm³/mol. The maximum atomic E-state index is 12.0. The zero-order valence-corrected chi connectivity index (χ0v) is 12.7. The van der Waals surface area contributed by atoms with Crippen molar-refractivity contribution in [1.82, 2.24) is 9.80 Å². The molecule has 1 rings (SSSR count). The van der Waals surface area contributed by atoms with Crippen molar-refractivity contribution >= 4 is 11.8 Å². The number of nitrogens with zero attached hydrogens (tertiary/aromatic N) is 2. The monoisotopic (exact) mass is 268 g/mol. The van der Waals surface area contributed by atoms with Gasteiger partial charge in [-0.15, -0.1) is 0 Å². The summed E-state index contributed by atoms with van der Waals surface area (Å²) >= 11 is 0. The van der Waals surface area contributed by atoms with Crippen molar-refractivity contribution in [1.29, 1.82) is 0 Å². The molecule has 108 valence electrons. The van der Waals surface area contributed by atoms with Gasteiger partial charge < -0.3 is 14.5 Å². The molecule has 0 N–H and O–H groups in total. The summed E-state index contributed by atoms with van der Waals surface area (Å²) in [6.07, 6.45) is 0. The van der Waals surface area contributed by atoms with E-state index >= 15 is 0 Å². The van der Waals surface area contributed by atoms with Gasteiger partial charge >= 0.3 is 5.97 Å². The van der Waals surface area contributed by atoms with E-state index in [-0.39, 0.29) is 23.4 Å². The first-order valence-electron chi connectivity index (χ1n) is 6.54. The lowest BCUT2D eigenvalue weighted by Gasteiger charge is -2.45. The number of carbonyl (C=O) groups is 2. The molecule has 1 heterocycles. The molecule has 0 aromatic heterocycles. The smallest absolute Gasteiger partial charge is 0.345 e. The van der Waals surface area contributed by atoms with E-state index in [0.717, 1.165) is 13.1 Å². The second-order valence-corrected chi connectivity index (χ2v) is 5.85. The second-order valence-electron chi connectivity index (χ2n) is 5.85. The Morgan fingerprint density at radius 2 is 1.68 bits per heavy atom. The highest BCUT2D eigenvalue weighted by atomic mass is 16.5. The van der Waals surface area contributed by atoms with Gasteiger partial charge in [0.05, 0.1) is 6.61 Å². The van der Waals surface area contributed by atoms with Crippen LogP contribution in [0.25, 0.3) is 0 Å². The van der Waals surface area contributed by atoms with E-state index in [1.807, 2.05) is 23.9 Å². The van der Waals surface area contributed by atoms with Crippen LogP contribution in [0, 0.1) is 5.41 Å². The Hall–Kier alpha value is -1.52. The van der Waals surface area contributed by atoms with Crippen LogP contribution >= 0.6 is 0 Å². The van der Waals surface area contributed by atoms with Gasteiger partial charge in [-0.1, -0.05) is 13.8 Å². The highest BCUT2D eigenvalue weighted by Gasteiger charge is 2.35.